The highest BCUT2D eigenvalue weighted by atomic mass is 32.2. The third kappa shape index (κ3) is 11.1. The maximum atomic E-state index is 12.3. The molecule has 1 aromatic carbocycles. The second-order valence-electron chi connectivity index (χ2n) is 8.04. The number of hydrogen-bond donors (Lipinski definition) is 0. The molecule has 0 spiro atoms. The van der Waals surface area contributed by atoms with Crippen LogP contribution in [-0.4, -0.2) is 49.2 Å². The molecule has 1 aromatic rings. The second-order valence-corrected chi connectivity index (χ2v) is 12.9. The molecule has 0 aliphatic rings. The zero-order valence-corrected chi connectivity index (χ0v) is 22.1. The lowest BCUT2D eigenvalue weighted by atomic mass is 10.1. The Labute approximate surface area is 199 Å². The van der Waals surface area contributed by atoms with Crippen LogP contribution in [0.3, 0.4) is 0 Å². The van der Waals surface area contributed by atoms with Crippen LogP contribution in [0, 0.1) is 10.1 Å². The normalized spacial score (nSPS) is 13.2. The van der Waals surface area contributed by atoms with Crippen molar-refractivity contribution in [3.8, 4) is 0 Å². The van der Waals surface area contributed by atoms with Crippen LogP contribution in [0.5, 0.6) is 0 Å². The first kappa shape index (κ1) is 29.7. The summed E-state index contributed by atoms with van der Waals surface area (Å²) in [7, 11) is -1.30. The topological polar surface area (TPSA) is 114 Å². The van der Waals surface area contributed by atoms with Gasteiger partial charge >= 0.3 is 8.80 Å². The Hall–Kier alpha value is -1.37. The predicted octanol–water partition coefficient (Wildman–Crippen LogP) is 5.39. The van der Waals surface area contributed by atoms with E-state index in [2.05, 4.69) is 0 Å². The molecular weight excluding hydrogens is 466 g/mol. The quantitative estimate of drug-likeness (QED) is 0.0808. The number of nitro groups is 1. The van der Waals surface area contributed by atoms with E-state index >= 15 is 0 Å². The molecule has 1 rings (SSSR count). The minimum Gasteiger partial charge on any atom is -0.377 e. The van der Waals surface area contributed by atoms with Crippen molar-refractivity contribution in [3.05, 3.63) is 39.9 Å². The van der Waals surface area contributed by atoms with Gasteiger partial charge in [-0.15, -0.1) is 0 Å². The summed E-state index contributed by atoms with van der Waals surface area (Å²) in [6.45, 7) is 1.52. The van der Waals surface area contributed by atoms with Crippen LogP contribution in [0.25, 0.3) is 0 Å². The highest BCUT2D eigenvalue weighted by Gasteiger charge is 2.36. The Kier molecular flexibility index (Phi) is 13.9. The van der Waals surface area contributed by atoms with Crippen molar-refractivity contribution in [2.24, 2.45) is 0 Å². The van der Waals surface area contributed by atoms with Gasteiger partial charge in [0.15, 0.2) is 0 Å². The van der Waals surface area contributed by atoms with E-state index < -0.39 is 29.9 Å². The molecule has 0 aliphatic carbocycles. The summed E-state index contributed by atoms with van der Waals surface area (Å²) in [6, 6.07) is 6.85. The van der Waals surface area contributed by atoms with E-state index in [1.165, 1.54) is 19.1 Å². The molecule has 0 aliphatic heterocycles. The molecule has 0 radical (unpaired) electrons. The summed E-state index contributed by atoms with van der Waals surface area (Å²) < 4.78 is 45.9. The molecule has 0 amide bonds. The van der Waals surface area contributed by atoms with Crippen LogP contribution in [0.15, 0.2) is 24.3 Å². The summed E-state index contributed by atoms with van der Waals surface area (Å²) in [6.07, 6.45) is 8.02. The van der Waals surface area contributed by atoms with E-state index in [1.807, 2.05) is 0 Å². The summed E-state index contributed by atoms with van der Waals surface area (Å²) in [5.74, 6) is -0.0812. The number of nitrogens with zero attached hydrogens (tertiary/aromatic N) is 1. The molecule has 0 bridgehead atoms. The molecule has 0 aromatic heterocycles. The number of unbranched alkanes of at least 4 members (excludes halogenated alkanes) is 8. The first-order valence-electron chi connectivity index (χ1n) is 11.5. The van der Waals surface area contributed by atoms with Crippen molar-refractivity contribution in [3.63, 3.8) is 0 Å². The molecule has 0 N–H and O–H groups in total. The lowest BCUT2D eigenvalue weighted by Gasteiger charge is -2.24. The molecule has 0 fully saturated rings. The number of para-hydroxylation sites is 1. The van der Waals surface area contributed by atoms with E-state index in [9.17, 15) is 18.5 Å². The van der Waals surface area contributed by atoms with Gasteiger partial charge in [0.25, 0.3) is 15.8 Å². The first-order chi connectivity index (χ1) is 15.7. The largest absolute Gasteiger partial charge is 0.500 e. The van der Waals surface area contributed by atoms with Crippen molar-refractivity contribution < 1.29 is 30.8 Å². The van der Waals surface area contributed by atoms with Gasteiger partial charge in [-0.25, -0.2) is 0 Å². The molecule has 11 heteroatoms. The van der Waals surface area contributed by atoms with Gasteiger partial charge in [-0.1, -0.05) is 57.1 Å². The maximum Gasteiger partial charge on any atom is 0.500 e. The highest BCUT2D eigenvalue weighted by Crippen LogP contribution is 2.28. The molecule has 1 atom stereocenters. The fraction of sp³-hybridized carbons (Fsp3) is 0.727. The lowest BCUT2D eigenvalue weighted by Crippen LogP contribution is -2.42. The Morgan fingerprint density at radius 1 is 0.879 bits per heavy atom. The molecule has 33 heavy (non-hydrogen) atoms. The summed E-state index contributed by atoms with van der Waals surface area (Å²) >= 11 is 0. The number of hydrogen-bond acceptors (Lipinski definition) is 8. The van der Waals surface area contributed by atoms with Crippen LogP contribution in [0.2, 0.25) is 6.04 Å². The van der Waals surface area contributed by atoms with Crippen molar-refractivity contribution >= 4 is 24.6 Å². The molecule has 9 nitrogen and oxygen atoms in total. The monoisotopic (exact) mass is 505 g/mol. The van der Waals surface area contributed by atoms with Gasteiger partial charge in [-0.2, -0.15) is 8.42 Å². The zero-order valence-electron chi connectivity index (χ0n) is 20.3. The average Bonchev–Trinajstić information content (AvgIpc) is 2.80. The second kappa shape index (κ2) is 15.5. The fourth-order valence-electron chi connectivity index (χ4n) is 3.73. The van der Waals surface area contributed by atoms with Crippen molar-refractivity contribution in [1.82, 2.24) is 0 Å². The minimum atomic E-state index is -3.75. The number of benzene rings is 1. The molecule has 0 saturated carbocycles. The Bertz CT molecular complexity index is 793. The zero-order chi connectivity index (χ0) is 24.7. The maximum absolute atomic E-state index is 12.3. The molecule has 0 saturated heterocycles. The minimum absolute atomic E-state index is 0.0812. The van der Waals surface area contributed by atoms with E-state index in [1.54, 1.807) is 33.5 Å². The van der Waals surface area contributed by atoms with E-state index in [4.69, 9.17) is 17.5 Å². The van der Waals surface area contributed by atoms with Crippen molar-refractivity contribution in [2.45, 2.75) is 76.9 Å². The summed E-state index contributed by atoms with van der Waals surface area (Å²) in [5, 5.41) is 11.1. The van der Waals surface area contributed by atoms with Gasteiger partial charge in [-0.05, 0) is 25.8 Å². The van der Waals surface area contributed by atoms with Gasteiger partial charge in [0.1, 0.15) is 6.10 Å². The molecule has 1 unspecified atom stereocenters. The molecular formula is C22H39NO8SSi. The third-order valence-electron chi connectivity index (χ3n) is 5.67. The Morgan fingerprint density at radius 3 is 1.88 bits per heavy atom. The van der Waals surface area contributed by atoms with Gasteiger partial charge in [0.2, 0.25) is 0 Å². The Balaban J connectivity index is 2.17. The predicted molar refractivity (Wildman–Crippen MR) is 130 cm³/mol. The fourth-order valence-corrected chi connectivity index (χ4v) is 6.72. The number of nitro benzene ring substituents is 1. The first-order valence-corrected chi connectivity index (χ1v) is 15.0. The third-order valence-corrected chi connectivity index (χ3v) is 9.88. The van der Waals surface area contributed by atoms with Crippen LogP contribution in [0.1, 0.15) is 76.4 Å². The Morgan fingerprint density at radius 2 is 1.36 bits per heavy atom. The molecule has 190 valence electrons. The van der Waals surface area contributed by atoms with Crippen LogP contribution in [0.4, 0.5) is 5.69 Å². The van der Waals surface area contributed by atoms with E-state index in [0.717, 1.165) is 57.4 Å². The smallest absolute Gasteiger partial charge is 0.377 e. The SMILES string of the molecule is CO[Si](CCCCCCCCCCCS(=O)(=O)OC(C)c1ccccc1[N+](=O)[O-])(OC)OC. The van der Waals surface area contributed by atoms with Gasteiger partial charge < -0.3 is 13.3 Å². The lowest BCUT2D eigenvalue weighted by molar-refractivity contribution is -0.386. The standard InChI is InChI=1S/C22H39NO8SSi/c1-20(21-16-12-13-17-22(21)23(24)25)31-32(26,27)18-14-10-8-6-5-7-9-11-15-19-33(28-2,29-3)30-4/h12-13,16-17,20H,5-11,14-15,18-19H2,1-4H3. The van der Waals surface area contributed by atoms with E-state index in [0.29, 0.717) is 6.42 Å². The van der Waals surface area contributed by atoms with Gasteiger partial charge in [0.05, 0.1) is 16.2 Å². The average molecular weight is 506 g/mol. The molecule has 0 heterocycles. The van der Waals surface area contributed by atoms with Crippen molar-refractivity contribution in [2.75, 3.05) is 27.1 Å². The van der Waals surface area contributed by atoms with Crippen LogP contribution >= 0.6 is 0 Å². The van der Waals surface area contributed by atoms with Crippen LogP contribution < -0.4 is 0 Å². The number of rotatable bonds is 19. The van der Waals surface area contributed by atoms with Crippen molar-refractivity contribution in [1.29, 1.82) is 0 Å². The highest BCUT2D eigenvalue weighted by molar-refractivity contribution is 7.86. The van der Waals surface area contributed by atoms with Crippen LogP contribution in [-0.2, 0) is 27.6 Å². The van der Waals surface area contributed by atoms with Gasteiger partial charge in [-0.3, -0.25) is 14.3 Å². The summed E-state index contributed by atoms with van der Waals surface area (Å²) in [5.41, 5.74) is 0.114. The van der Waals surface area contributed by atoms with E-state index in [-0.39, 0.29) is 17.0 Å². The van der Waals surface area contributed by atoms with Gasteiger partial charge in [0, 0.05) is 33.4 Å². The summed E-state index contributed by atoms with van der Waals surface area (Å²) in [4.78, 5) is 10.6.